The lowest BCUT2D eigenvalue weighted by Crippen LogP contribution is -2.61. The van der Waals surface area contributed by atoms with Gasteiger partial charge in [0.1, 0.15) is 0 Å². The molecule has 0 N–H and O–H groups in total. The standard InChI is InChI=1S/C30H50/c1-20(2)21-10-13-25-28(21,6)18-19-29(7)23-11-12-24-26(3,4)15-9-16-27(24,5)22(23)14-17-30(25,29)8/h14,20-21,23-25H,9-13,15-19H2,1-8H3/t21-,23+,24+,25-,27-,28-,29-,30+/m1/s1. The molecule has 4 saturated carbocycles. The summed E-state index contributed by atoms with van der Waals surface area (Å²) in [4.78, 5) is 0. The van der Waals surface area contributed by atoms with Gasteiger partial charge in [-0.3, -0.25) is 0 Å². The summed E-state index contributed by atoms with van der Waals surface area (Å²) >= 11 is 0. The van der Waals surface area contributed by atoms with Gasteiger partial charge in [-0.2, -0.15) is 0 Å². The highest BCUT2D eigenvalue weighted by atomic mass is 14.7. The molecule has 5 rings (SSSR count). The third-order valence-corrected chi connectivity index (χ3v) is 13.0. The summed E-state index contributed by atoms with van der Waals surface area (Å²) < 4.78 is 0. The van der Waals surface area contributed by atoms with Gasteiger partial charge in [0.25, 0.3) is 0 Å². The molecule has 0 aliphatic heterocycles. The van der Waals surface area contributed by atoms with E-state index in [4.69, 9.17) is 0 Å². The lowest BCUT2D eigenvalue weighted by Gasteiger charge is -2.69. The minimum absolute atomic E-state index is 0.478. The molecule has 0 heteroatoms. The SMILES string of the molecule is CC(C)[C@H]1CC[C@@H]2[C@]1(C)CC[C@]1(C)[C@H]3CC[C@H]4C(C)(C)CCC[C@]4(C)C3=CC[C@@]21C. The number of allylic oxidation sites excluding steroid dienone is 2. The van der Waals surface area contributed by atoms with Gasteiger partial charge in [-0.05, 0) is 114 Å². The first kappa shape index (κ1) is 21.6. The average Bonchev–Trinajstić information content (AvgIpc) is 3.01. The van der Waals surface area contributed by atoms with Crippen molar-refractivity contribution in [3.05, 3.63) is 11.6 Å². The van der Waals surface area contributed by atoms with E-state index in [1.807, 2.05) is 5.57 Å². The second-order valence-corrected chi connectivity index (χ2v) is 14.6. The van der Waals surface area contributed by atoms with E-state index in [1.54, 1.807) is 0 Å². The van der Waals surface area contributed by atoms with Gasteiger partial charge in [0.2, 0.25) is 0 Å². The molecule has 0 bridgehead atoms. The second-order valence-electron chi connectivity index (χ2n) is 14.6. The Balaban J connectivity index is 1.56. The topological polar surface area (TPSA) is 0 Å². The van der Waals surface area contributed by atoms with Crippen molar-refractivity contribution < 1.29 is 0 Å². The highest BCUT2D eigenvalue weighted by Crippen LogP contribution is 2.76. The number of hydrogen-bond acceptors (Lipinski definition) is 0. The highest BCUT2D eigenvalue weighted by Gasteiger charge is 2.67. The van der Waals surface area contributed by atoms with Crippen LogP contribution >= 0.6 is 0 Å². The Labute approximate surface area is 188 Å². The Morgan fingerprint density at radius 1 is 0.767 bits per heavy atom. The Bertz CT molecular complexity index is 741. The van der Waals surface area contributed by atoms with Crippen LogP contribution in [0, 0.1) is 56.7 Å². The van der Waals surface area contributed by atoms with Crippen molar-refractivity contribution in [3.63, 3.8) is 0 Å². The van der Waals surface area contributed by atoms with Crippen molar-refractivity contribution in [1.29, 1.82) is 0 Å². The van der Waals surface area contributed by atoms with Crippen molar-refractivity contribution >= 4 is 0 Å². The number of fused-ring (bicyclic) bond motifs is 7. The second kappa shape index (κ2) is 6.41. The van der Waals surface area contributed by atoms with Gasteiger partial charge in [-0.25, -0.2) is 0 Å². The van der Waals surface area contributed by atoms with Crippen LogP contribution in [-0.4, -0.2) is 0 Å². The zero-order chi connectivity index (χ0) is 21.7. The molecule has 5 aliphatic rings. The molecule has 170 valence electrons. The summed E-state index contributed by atoms with van der Waals surface area (Å²) in [5, 5.41) is 0. The number of hydrogen-bond donors (Lipinski definition) is 0. The van der Waals surface area contributed by atoms with Gasteiger partial charge in [0.15, 0.2) is 0 Å². The molecule has 0 aromatic heterocycles. The van der Waals surface area contributed by atoms with Gasteiger partial charge in [-0.15, -0.1) is 0 Å². The molecule has 5 aliphatic carbocycles. The van der Waals surface area contributed by atoms with Gasteiger partial charge < -0.3 is 0 Å². The molecule has 0 nitrogen and oxygen atoms in total. The van der Waals surface area contributed by atoms with E-state index in [-0.39, 0.29) is 0 Å². The number of rotatable bonds is 1. The van der Waals surface area contributed by atoms with Crippen molar-refractivity contribution in [2.75, 3.05) is 0 Å². The third-order valence-electron chi connectivity index (χ3n) is 13.0. The molecule has 30 heavy (non-hydrogen) atoms. The van der Waals surface area contributed by atoms with E-state index in [0.717, 1.165) is 29.6 Å². The van der Waals surface area contributed by atoms with E-state index < -0.39 is 0 Å². The summed E-state index contributed by atoms with van der Waals surface area (Å²) in [6, 6.07) is 0. The fraction of sp³-hybridized carbons (Fsp3) is 0.933. The minimum Gasteiger partial charge on any atom is -0.0839 e. The quantitative estimate of drug-likeness (QED) is 0.378. The van der Waals surface area contributed by atoms with Gasteiger partial charge in [-0.1, -0.05) is 73.5 Å². The zero-order valence-corrected chi connectivity index (χ0v) is 21.5. The predicted molar refractivity (Wildman–Crippen MR) is 129 cm³/mol. The summed E-state index contributed by atoms with van der Waals surface area (Å²) in [5.74, 6) is 4.49. The van der Waals surface area contributed by atoms with Crippen LogP contribution in [0.25, 0.3) is 0 Å². The molecule has 0 aromatic carbocycles. The smallest absolute Gasteiger partial charge is 0.00801 e. The van der Waals surface area contributed by atoms with Crippen LogP contribution in [-0.2, 0) is 0 Å². The Kier molecular flexibility index (Phi) is 4.61. The first-order chi connectivity index (χ1) is 13.9. The van der Waals surface area contributed by atoms with Crippen molar-refractivity contribution in [2.24, 2.45) is 56.7 Å². The van der Waals surface area contributed by atoms with Crippen LogP contribution in [0.2, 0.25) is 0 Å². The maximum Gasteiger partial charge on any atom is -0.00801 e. The fourth-order valence-electron chi connectivity index (χ4n) is 11.3. The normalized spacial score (nSPS) is 54.6. The maximum absolute atomic E-state index is 2.86. The van der Waals surface area contributed by atoms with Gasteiger partial charge in [0.05, 0.1) is 0 Å². The molecule has 0 heterocycles. The van der Waals surface area contributed by atoms with Crippen LogP contribution in [0.3, 0.4) is 0 Å². The average molecular weight is 411 g/mol. The minimum atomic E-state index is 0.478. The van der Waals surface area contributed by atoms with E-state index in [2.05, 4.69) is 61.5 Å². The first-order valence-corrected chi connectivity index (χ1v) is 13.6. The van der Waals surface area contributed by atoms with Crippen LogP contribution in [0.5, 0.6) is 0 Å². The van der Waals surface area contributed by atoms with E-state index in [1.165, 1.54) is 64.2 Å². The summed E-state index contributed by atoms with van der Waals surface area (Å²) in [5.41, 5.74) is 4.55. The van der Waals surface area contributed by atoms with Crippen molar-refractivity contribution in [1.82, 2.24) is 0 Å². The molecule has 0 unspecified atom stereocenters. The maximum atomic E-state index is 2.86. The van der Waals surface area contributed by atoms with Gasteiger partial charge >= 0.3 is 0 Å². The monoisotopic (exact) mass is 410 g/mol. The molecule has 8 atom stereocenters. The van der Waals surface area contributed by atoms with Crippen molar-refractivity contribution in [2.45, 2.75) is 120 Å². The van der Waals surface area contributed by atoms with Crippen LogP contribution < -0.4 is 0 Å². The summed E-state index contributed by atoms with van der Waals surface area (Å²) in [7, 11) is 0. The molecule has 0 radical (unpaired) electrons. The zero-order valence-electron chi connectivity index (χ0n) is 21.5. The Morgan fingerprint density at radius 2 is 1.47 bits per heavy atom. The predicted octanol–water partition coefficient (Wildman–Crippen LogP) is 9.05. The van der Waals surface area contributed by atoms with E-state index >= 15 is 0 Å². The largest absolute Gasteiger partial charge is 0.0839 e. The molecule has 0 saturated heterocycles. The first-order valence-electron chi connectivity index (χ1n) is 13.6. The lowest BCUT2D eigenvalue weighted by atomic mass is 9.36. The van der Waals surface area contributed by atoms with E-state index in [9.17, 15) is 0 Å². The molecule has 0 amide bonds. The molecule has 4 fully saturated rings. The summed E-state index contributed by atoms with van der Waals surface area (Å²) in [6.07, 6.45) is 17.4. The third kappa shape index (κ3) is 2.46. The highest BCUT2D eigenvalue weighted by molar-refractivity contribution is 5.32. The van der Waals surface area contributed by atoms with E-state index in [0.29, 0.717) is 27.1 Å². The summed E-state index contributed by atoms with van der Waals surface area (Å²) in [6.45, 7) is 21.1. The van der Waals surface area contributed by atoms with Crippen LogP contribution in [0.15, 0.2) is 11.6 Å². The Hall–Kier alpha value is -0.260. The Morgan fingerprint density at radius 3 is 2.17 bits per heavy atom. The molecule has 0 spiro atoms. The lowest BCUT2D eigenvalue weighted by molar-refractivity contribution is -0.156. The van der Waals surface area contributed by atoms with Crippen molar-refractivity contribution in [3.8, 4) is 0 Å². The molecule has 0 aromatic rings. The molecular formula is C30H50. The fourth-order valence-corrected chi connectivity index (χ4v) is 11.3. The molecular weight excluding hydrogens is 360 g/mol. The van der Waals surface area contributed by atoms with Gasteiger partial charge in [0, 0.05) is 0 Å². The van der Waals surface area contributed by atoms with Crippen LogP contribution in [0.4, 0.5) is 0 Å². The van der Waals surface area contributed by atoms with Crippen LogP contribution in [0.1, 0.15) is 120 Å².